The van der Waals surface area contributed by atoms with Gasteiger partial charge in [-0.25, -0.2) is 9.97 Å². The third-order valence-corrected chi connectivity index (χ3v) is 4.67. The summed E-state index contributed by atoms with van der Waals surface area (Å²) < 4.78 is 38.9. The molecule has 0 atom stereocenters. The van der Waals surface area contributed by atoms with Gasteiger partial charge in [-0.05, 0) is 25.0 Å². The molecule has 2 heterocycles. The van der Waals surface area contributed by atoms with Crippen LogP contribution in [-0.2, 0) is 17.4 Å². The molecule has 2 aromatic rings. The molecule has 1 aromatic carbocycles. The Labute approximate surface area is 155 Å². The molecule has 0 spiro atoms. The van der Waals surface area contributed by atoms with Crippen molar-refractivity contribution >= 4 is 11.7 Å². The van der Waals surface area contributed by atoms with E-state index in [0.717, 1.165) is 17.2 Å². The number of carbonyl (C=O) groups excluding carboxylic acids is 1. The van der Waals surface area contributed by atoms with Crippen molar-refractivity contribution in [3.63, 3.8) is 0 Å². The number of hydrogen-bond acceptors (Lipinski definition) is 4. The van der Waals surface area contributed by atoms with Crippen molar-refractivity contribution in [1.82, 2.24) is 14.9 Å². The number of aromatic nitrogens is 2. The van der Waals surface area contributed by atoms with E-state index in [1.54, 1.807) is 9.80 Å². The number of aryl methyl sites for hydroxylation is 2. The highest BCUT2D eigenvalue weighted by Crippen LogP contribution is 2.30. The van der Waals surface area contributed by atoms with Gasteiger partial charge in [0.25, 0.3) is 0 Å². The molecule has 3 rings (SSSR count). The Hall–Kier alpha value is -2.64. The number of amides is 1. The molecule has 0 aliphatic carbocycles. The minimum Gasteiger partial charge on any atom is -0.353 e. The van der Waals surface area contributed by atoms with Crippen LogP contribution in [0.15, 0.2) is 30.3 Å². The second-order valence-corrected chi connectivity index (χ2v) is 6.63. The molecule has 0 N–H and O–H groups in total. The standard InChI is InChI=1S/C19H21F3N4O/c1-13-5-3-4-6-15(13)11-18(27)26-9-7-25(8-10-26)17-12-16(19(20,21)22)23-14(2)24-17/h3-6,12H,7-11H2,1-2H3. The normalized spacial score (nSPS) is 15.1. The lowest BCUT2D eigenvalue weighted by atomic mass is 10.1. The molecule has 144 valence electrons. The Morgan fingerprint density at radius 2 is 1.74 bits per heavy atom. The van der Waals surface area contributed by atoms with Gasteiger partial charge < -0.3 is 9.80 Å². The molecular weight excluding hydrogens is 357 g/mol. The predicted octanol–water partition coefficient (Wildman–Crippen LogP) is 3.00. The zero-order valence-corrected chi connectivity index (χ0v) is 15.3. The van der Waals surface area contributed by atoms with Crippen molar-refractivity contribution in [3.05, 3.63) is 53.0 Å². The Morgan fingerprint density at radius 1 is 1.07 bits per heavy atom. The van der Waals surface area contributed by atoms with Gasteiger partial charge in [0.2, 0.25) is 5.91 Å². The summed E-state index contributed by atoms with van der Waals surface area (Å²) in [6.45, 7) is 5.20. The lowest BCUT2D eigenvalue weighted by Gasteiger charge is -2.35. The van der Waals surface area contributed by atoms with Crippen molar-refractivity contribution in [2.24, 2.45) is 0 Å². The van der Waals surface area contributed by atoms with E-state index in [9.17, 15) is 18.0 Å². The SMILES string of the molecule is Cc1nc(N2CCN(C(=O)Cc3ccccc3C)CC2)cc(C(F)(F)F)n1. The number of nitrogens with zero attached hydrogens (tertiary/aromatic N) is 4. The number of carbonyl (C=O) groups is 1. The fourth-order valence-electron chi connectivity index (χ4n) is 3.13. The molecule has 1 aliphatic rings. The zero-order valence-electron chi connectivity index (χ0n) is 15.3. The first-order valence-electron chi connectivity index (χ1n) is 8.74. The van der Waals surface area contributed by atoms with Crippen LogP contribution in [0.4, 0.5) is 19.0 Å². The molecule has 1 amide bonds. The fourth-order valence-corrected chi connectivity index (χ4v) is 3.13. The van der Waals surface area contributed by atoms with Crippen molar-refractivity contribution in [3.8, 4) is 0 Å². The minimum atomic E-state index is -4.51. The molecule has 0 bridgehead atoms. The van der Waals surface area contributed by atoms with E-state index < -0.39 is 11.9 Å². The Kier molecular flexibility index (Phi) is 5.34. The Morgan fingerprint density at radius 3 is 2.37 bits per heavy atom. The quantitative estimate of drug-likeness (QED) is 0.824. The highest BCUT2D eigenvalue weighted by Gasteiger charge is 2.34. The fraction of sp³-hybridized carbons (Fsp3) is 0.421. The Bertz CT molecular complexity index is 830. The van der Waals surface area contributed by atoms with Crippen molar-refractivity contribution in [1.29, 1.82) is 0 Å². The van der Waals surface area contributed by atoms with Gasteiger partial charge in [-0.1, -0.05) is 24.3 Å². The van der Waals surface area contributed by atoms with Crippen LogP contribution in [0.1, 0.15) is 22.6 Å². The van der Waals surface area contributed by atoms with Crippen LogP contribution in [0.2, 0.25) is 0 Å². The van der Waals surface area contributed by atoms with Crippen LogP contribution < -0.4 is 4.90 Å². The lowest BCUT2D eigenvalue weighted by molar-refractivity contribution is -0.141. The molecule has 0 unspecified atom stereocenters. The molecule has 5 nitrogen and oxygen atoms in total. The van der Waals surface area contributed by atoms with E-state index in [-0.39, 0.29) is 17.5 Å². The van der Waals surface area contributed by atoms with E-state index in [0.29, 0.717) is 32.6 Å². The summed E-state index contributed by atoms with van der Waals surface area (Å²) in [5, 5.41) is 0. The largest absolute Gasteiger partial charge is 0.433 e. The smallest absolute Gasteiger partial charge is 0.353 e. The van der Waals surface area contributed by atoms with Gasteiger partial charge in [-0.15, -0.1) is 0 Å². The van der Waals surface area contributed by atoms with Crippen molar-refractivity contribution in [2.75, 3.05) is 31.1 Å². The molecule has 1 aliphatic heterocycles. The number of rotatable bonds is 3. The van der Waals surface area contributed by atoms with Crippen LogP contribution in [0.25, 0.3) is 0 Å². The average Bonchev–Trinajstić information content (AvgIpc) is 2.62. The third kappa shape index (κ3) is 4.56. The van der Waals surface area contributed by atoms with Gasteiger partial charge in [0.15, 0.2) is 0 Å². The molecular formula is C19H21F3N4O. The van der Waals surface area contributed by atoms with Crippen LogP contribution in [-0.4, -0.2) is 47.0 Å². The van der Waals surface area contributed by atoms with Gasteiger partial charge in [0.1, 0.15) is 17.3 Å². The number of piperazine rings is 1. The van der Waals surface area contributed by atoms with E-state index in [1.165, 1.54) is 6.92 Å². The van der Waals surface area contributed by atoms with Crippen LogP contribution in [0.5, 0.6) is 0 Å². The summed E-state index contributed by atoms with van der Waals surface area (Å²) >= 11 is 0. The molecule has 1 aromatic heterocycles. The topological polar surface area (TPSA) is 49.3 Å². The van der Waals surface area contributed by atoms with E-state index in [4.69, 9.17) is 0 Å². The summed E-state index contributed by atoms with van der Waals surface area (Å²) in [6, 6.07) is 8.71. The lowest BCUT2D eigenvalue weighted by Crippen LogP contribution is -2.49. The van der Waals surface area contributed by atoms with Gasteiger partial charge in [-0.2, -0.15) is 13.2 Å². The summed E-state index contributed by atoms with van der Waals surface area (Å²) in [7, 11) is 0. The molecule has 0 saturated carbocycles. The molecule has 1 saturated heterocycles. The minimum absolute atomic E-state index is 0.0267. The average molecular weight is 378 g/mol. The van der Waals surface area contributed by atoms with E-state index >= 15 is 0 Å². The summed E-state index contributed by atoms with van der Waals surface area (Å²) in [4.78, 5) is 23.7. The summed E-state index contributed by atoms with van der Waals surface area (Å²) in [5.41, 5.74) is 1.12. The first kappa shape index (κ1) is 19.1. The molecule has 8 heteroatoms. The van der Waals surface area contributed by atoms with Gasteiger partial charge in [0, 0.05) is 32.2 Å². The van der Waals surface area contributed by atoms with E-state index in [1.807, 2.05) is 31.2 Å². The molecule has 0 radical (unpaired) electrons. The maximum atomic E-state index is 13.0. The number of anilines is 1. The van der Waals surface area contributed by atoms with Gasteiger partial charge in [-0.3, -0.25) is 4.79 Å². The number of alkyl halides is 3. The van der Waals surface area contributed by atoms with Gasteiger partial charge >= 0.3 is 6.18 Å². The number of halogens is 3. The van der Waals surface area contributed by atoms with Crippen molar-refractivity contribution < 1.29 is 18.0 Å². The molecule has 27 heavy (non-hydrogen) atoms. The first-order valence-corrected chi connectivity index (χ1v) is 8.74. The van der Waals surface area contributed by atoms with Crippen LogP contribution in [0, 0.1) is 13.8 Å². The maximum absolute atomic E-state index is 13.0. The predicted molar refractivity (Wildman–Crippen MR) is 95.4 cm³/mol. The number of benzene rings is 1. The summed E-state index contributed by atoms with van der Waals surface area (Å²) in [6.07, 6.45) is -4.18. The third-order valence-electron chi connectivity index (χ3n) is 4.67. The summed E-state index contributed by atoms with van der Waals surface area (Å²) in [5.74, 6) is 0.359. The highest BCUT2D eigenvalue weighted by atomic mass is 19.4. The van der Waals surface area contributed by atoms with Gasteiger partial charge in [0.05, 0.1) is 6.42 Å². The van der Waals surface area contributed by atoms with Crippen molar-refractivity contribution in [2.45, 2.75) is 26.4 Å². The monoisotopic (exact) mass is 378 g/mol. The van der Waals surface area contributed by atoms with Crippen LogP contribution >= 0.6 is 0 Å². The second kappa shape index (κ2) is 7.54. The van der Waals surface area contributed by atoms with E-state index in [2.05, 4.69) is 9.97 Å². The maximum Gasteiger partial charge on any atom is 0.433 e. The highest BCUT2D eigenvalue weighted by molar-refractivity contribution is 5.79. The zero-order chi connectivity index (χ0) is 19.6. The number of hydrogen-bond donors (Lipinski definition) is 0. The molecule has 1 fully saturated rings. The second-order valence-electron chi connectivity index (χ2n) is 6.63. The van der Waals surface area contributed by atoms with Crippen LogP contribution in [0.3, 0.4) is 0 Å². The first-order chi connectivity index (χ1) is 12.7. The Balaban J connectivity index is 1.64.